The number of nitrogens with one attached hydrogen (secondary N) is 1. The SMILES string of the molecule is NCCC(=O)N[C@H](Cc1ccc(Cl)cc1)C(=O)N1CC[C@H](N(C(=O)c2ccco2)C2CCCCC2)C1. The maximum atomic E-state index is 13.6. The van der Waals surface area contributed by atoms with Gasteiger partial charge in [0.2, 0.25) is 11.8 Å². The number of hydrogen-bond donors (Lipinski definition) is 2. The summed E-state index contributed by atoms with van der Waals surface area (Å²) in [6.07, 6.45) is 8.02. The van der Waals surface area contributed by atoms with E-state index in [2.05, 4.69) is 5.32 Å². The summed E-state index contributed by atoms with van der Waals surface area (Å²) >= 11 is 6.01. The minimum atomic E-state index is -0.715. The monoisotopic (exact) mass is 514 g/mol. The van der Waals surface area contributed by atoms with E-state index >= 15 is 0 Å². The molecule has 36 heavy (non-hydrogen) atoms. The zero-order valence-electron chi connectivity index (χ0n) is 20.5. The topological polar surface area (TPSA) is 109 Å². The quantitative estimate of drug-likeness (QED) is 0.533. The van der Waals surface area contributed by atoms with E-state index in [4.69, 9.17) is 21.8 Å². The molecule has 0 unspecified atom stereocenters. The van der Waals surface area contributed by atoms with Gasteiger partial charge in [0.05, 0.1) is 12.3 Å². The van der Waals surface area contributed by atoms with Crippen molar-refractivity contribution in [2.45, 2.75) is 69.5 Å². The molecule has 4 rings (SSSR count). The van der Waals surface area contributed by atoms with Gasteiger partial charge in [-0.3, -0.25) is 14.4 Å². The van der Waals surface area contributed by atoms with Gasteiger partial charge in [-0.15, -0.1) is 0 Å². The lowest BCUT2D eigenvalue weighted by molar-refractivity contribution is -0.135. The lowest BCUT2D eigenvalue weighted by Crippen LogP contribution is -2.52. The van der Waals surface area contributed by atoms with Crippen LogP contribution in [0.2, 0.25) is 5.02 Å². The molecular weight excluding hydrogens is 480 g/mol. The molecule has 2 atom stereocenters. The first-order valence-electron chi connectivity index (χ1n) is 12.8. The van der Waals surface area contributed by atoms with Gasteiger partial charge in [0, 0.05) is 43.5 Å². The van der Waals surface area contributed by atoms with Crippen LogP contribution in [0.15, 0.2) is 47.1 Å². The van der Waals surface area contributed by atoms with E-state index < -0.39 is 6.04 Å². The zero-order valence-corrected chi connectivity index (χ0v) is 21.3. The van der Waals surface area contributed by atoms with Gasteiger partial charge in [-0.1, -0.05) is 43.0 Å². The third-order valence-corrected chi connectivity index (χ3v) is 7.41. The number of rotatable bonds is 9. The molecule has 194 valence electrons. The highest BCUT2D eigenvalue weighted by Gasteiger charge is 2.39. The smallest absolute Gasteiger partial charge is 0.290 e. The second kappa shape index (κ2) is 12.4. The number of nitrogens with two attached hydrogens (primary N) is 1. The van der Waals surface area contributed by atoms with Gasteiger partial charge in [-0.05, 0) is 49.1 Å². The Bertz CT molecular complexity index is 1020. The summed E-state index contributed by atoms with van der Waals surface area (Å²) in [7, 11) is 0. The van der Waals surface area contributed by atoms with Gasteiger partial charge in [-0.2, -0.15) is 0 Å². The summed E-state index contributed by atoms with van der Waals surface area (Å²) in [5, 5.41) is 3.48. The maximum absolute atomic E-state index is 13.6. The number of amides is 3. The van der Waals surface area contributed by atoms with E-state index in [0.717, 1.165) is 31.2 Å². The molecule has 1 aliphatic carbocycles. The minimum Gasteiger partial charge on any atom is -0.459 e. The van der Waals surface area contributed by atoms with Crippen molar-refractivity contribution in [3.8, 4) is 0 Å². The number of nitrogens with zero attached hydrogens (tertiary/aromatic N) is 2. The van der Waals surface area contributed by atoms with Crippen LogP contribution in [0.5, 0.6) is 0 Å². The van der Waals surface area contributed by atoms with Gasteiger partial charge >= 0.3 is 0 Å². The molecule has 1 aromatic heterocycles. The first-order chi connectivity index (χ1) is 17.5. The van der Waals surface area contributed by atoms with Crippen molar-refractivity contribution < 1.29 is 18.8 Å². The molecule has 0 radical (unpaired) electrons. The lowest BCUT2D eigenvalue weighted by atomic mass is 9.92. The summed E-state index contributed by atoms with van der Waals surface area (Å²) in [6, 6.07) is 10.0. The molecule has 0 spiro atoms. The van der Waals surface area contributed by atoms with E-state index in [1.54, 1.807) is 29.2 Å². The summed E-state index contributed by atoms with van der Waals surface area (Å²) < 4.78 is 5.44. The standard InChI is InChI=1S/C27H35ClN4O4/c28-20-10-8-19(9-11-20)17-23(30-25(33)12-14-29)26(34)31-15-13-22(18-31)32(21-5-2-1-3-6-21)27(35)24-7-4-16-36-24/h4,7-11,16,21-23H,1-3,5-6,12-15,17-18,29H2,(H,30,33)/t22-,23+/m0/s1. The molecule has 8 nitrogen and oxygen atoms in total. The molecule has 9 heteroatoms. The van der Waals surface area contributed by atoms with E-state index in [9.17, 15) is 14.4 Å². The highest BCUT2D eigenvalue weighted by Crippen LogP contribution is 2.29. The molecular formula is C27H35ClN4O4. The Balaban J connectivity index is 1.49. The Kier molecular flexibility index (Phi) is 9.04. The summed E-state index contributed by atoms with van der Waals surface area (Å²) in [4.78, 5) is 43.2. The molecule has 2 aromatic rings. The number of hydrogen-bond acceptors (Lipinski definition) is 5. The van der Waals surface area contributed by atoms with Crippen molar-refractivity contribution in [1.82, 2.24) is 15.1 Å². The fourth-order valence-corrected chi connectivity index (χ4v) is 5.49. The number of halogens is 1. The largest absolute Gasteiger partial charge is 0.459 e. The van der Waals surface area contributed by atoms with Crippen molar-refractivity contribution in [1.29, 1.82) is 0 Å². The number of benzene rings is 1. The van der Waals surface area contributed by atoms with Gasteiger partial charge in [-0.25, -0.2) is 0 Å². The van der Waals surface area contributed by atoms with Crippen LogP contribution in [0.1, 0.15) is 61.1 Å². The van der Waals surface area contributed by atoms with Crippen molar-refractivity contribution in [3.05, 3.63) is 59.0 Å². The van der Waals surface area contributed by atoms with Crippen LogP contribution in [-0.4, -0.2) is 65.3 Å². The molecule has 2 fully saturated rings. The van der Waals surface area contributed by atoms with Crippen LogP contribution >= 0.6 is 11.6 Å². The number of carbonyl (C=O) groups excluding carboxylic acids is 3. The Hall–Kier alpha value is -2.84. The van der Waals surface area contributed by atoms with Crippen molar-refractivity contribution in [2.24, 2.45) is 5.73 Å². The summed E-state index contributed by atoms with van der Waals surface area (Å²) in [5.41, 5.74) is 6.45. The fourth-order valence-electron chi connectivity index (χ4n) is 5.36. The molecule has 3 amide bonds. The van der Waals surface area contributed by atoms with Gasteiger partial charge < -0.3 is 25.3 Å². The second-order valence-electron chi connectivity index (χ2n) is 9.70. The van der Waals surface area contributed by atoms with Gasteiger partial charge in [0.15, 0.2) is 5.76 Å². The minimum absolute atomic E-state index is 0.0921. The van der Waals surface area contributed by atoms with Gasteiger partial charge in [0.25, 0.3) is 5.91 Å². The Morgan fingerprint density at radius 3 is 2.50 bits per heavy atom. The zero-order chi connectivity index (χ0) is 25.5. The average Bonchev–Trinajstić information content (AvgIpc) is 3.59. The van der Waals surface area contributed by atoms with Crippen molar-refractivity contribution in [2.75, 3.05) is 19.6 Å². The van der Waals surface area contributed by atoms with E-state index in [1.165, 1.54) is 12.7 Å². The lowest BCUT2D eigenvalue weighted by Gasteiger charge is -2.38. The highest BCUT2D eigenvalue weighted by molar-refractivity contribution is 6.30. The predicted molar refractivity (Wildman–Crippen MR) is 137 cm³/mol. The van der Waals surface area contributed by atoms with E-state index in [1.807, 2.05) is 17.0 Å². The number of likely N-dealkylation sites (tertiary alicyclic amines) is 1. The Morgan fingerprint density at radius 2 is 1.83 bits per heavy atom. The fraction of sp³-hybridized carbons (Fsp3) is 0.519. The summed E-state index contributed by atoms with van der Waals surface area (Å²) in [5.74, 6) is -0.176. The second-order valence-corrected chi connectivity index (χ2v) is 10.1. The van der Waals surface area contributed by atoms with Crippen LogP contribution in [0.4, 0.5) is 0 Å². The van der Waals surface area contributed by atoms with Crippen LogP contribution < -0.4 is 11.1 Å². The number of furan rings is 1. The van der Waals surface area contributed by atoms with Crippen LogP contribution in [0, 0.1) is 0 Å². The van der Waals surface area contributed by atoms with Gasteiger partial charge in [0.1, 0.15) is 6.04 Å². The van der Waals surface area contributed by atoms with Crippen LogP contribution in [0.25, 0.3) is 0 Å². The van der Waals surface area contributed by atoms with Crippen LogP contribution in [0.3, 0.4) is 0 Å². The van der Waals surface area contributed by atoms with E-state index in [-0.39, 0.29) is 42.8 Å². The van der Waals surface area contributed by atoms with Crippen molar-refractivity contribution in [3.63, 3.8) is 0 Å². The predicted octanol–water partition coefficient (Wildman–Crippen LogP) is 3.39. The first-order valence-corrected chi connectivity index (χ1v) is 13.2. The molecule has 3 N–H and O–H groups in total. The Morgan fingerprint density at radius 1 is 1.08 bits per heavy atom. The average molecular weight is 515 g/mol. The molecule has 0 bridgehead atoms. The first kappa shape index (κ1) is 26.2. The molecule has 2 heterocycles. The third-order valence-electron chi connectivity index (χ3n) is 7.16. The number of carbonyl (C=O) groups is 3. The molecule has 1 aromatic carbocycles. The third kappa shape index (κ3) is 6.48. The molecule has 1 saturated carbocycles. The molecule has 1 saturated heterocycles. The highest BCUT2D eigenvalue weighted by atomic mass is 35.5. The maximum Gasteiger partial charge on any atom is 0.290 e. The molecule has 1 aliphatic heterocycles. The molecule has 2 aliphatic rings. The normalized spacial score (nSPS) is 19.2. The van der Waals surface area contributed by atoms with Crippen molar-refractivity contribution >= 4 is 29.3 Å². The van der Waals surface area contributed by atoms with E-state index in [0.29, 0.717) is 36.7 Å². The Labute approximate surface area is 217 Å². The summed E-state index contributed by atoms with van der Waals surface area (Å²) in [6.45, 7) is 1.18. The van der Waals surface area contributed by atoms with Crippen LogP contribution in [-0.2, 0) is 16.0 Å².